The van der Waals surface area contributed by atoms with E-state index in [1.165, 1.54) is 16.8 Å². The Kier molecular flexibility index (Phi) is 3.70. The molecule has 0 aliphatic rings. The van der Waals surface area contributed by atoms with E-state index in [0.717, 1.165) is 12.2 Å². The van der Waals surface area contributed by atoms with E-state index in [9.17, 15) is 0 Å². The number of aromatic nitrogens is 2. The zero-order chi connectivity index (χ0) is 13.1. The lowest BCUT2D eigenvalue weighted by atomic mass is 10.1. The van der Waals surface area contributed by atoms with Gasteiger partial charge in [0.25, 0.3) is 0 Å². The Morgan fingerprint density at radius 1 is 1.17 bits per heavy atom. The normalized spacial score (nSPS) is 10.9. The number of anilines is 1. The molecule has 1 aromatic carbocycles. The van der Waals surface area contributed by atoms with Gasteiger partial charge in [0.05, 0.1) is 12.2 Å². The fourth-order valence-electron chi connectivity index (χ4n) is 2.03. The van der Waals surface area contributed by atoms with Gasteiger partial charge in [-0.25, -0.2) is 0 Å². The predicted octanol–water partition coefficient (Wildman–Crippen LogP) is 3.69. The Labute approximate surface area is 109 Å². The molecule has 1 aromatic heterocycles. The summed E-state index contributed by atoms with van der Waals surface area (Å²) < 4.78 is 1.99. The van der Waals surface area contributed by atoms with E-state index < -0.39 is 0 Å². The van der Waals surface area contributed by atoms with Crippen molar-refractivity contribution in [2.45, 2.75) is 40.3 Å². The van der Waals surface area contributed by atoms with Crippen LogP contribution in [0.2, 0.25) is 0 Å². The van der Waals surface area contributed by atoms with Gasteiger partial charge in [0.2, 0.25) is 0 Å². The summed E-state index contributed by atoms with van der Waals surface area (Å²) in [5, 5.41) is 8.01. The number of benzene rings is 1. The van der Waals surface area contributed by atoms with E-state index in [1.807, 2.05) is 10.9 Å². The van der Waals surface area contributed by atoms with E-state index in [4.69, 9.17) is 0 Å². The quantitative estimate of drug-likeness (QED) is 0.887. The number of nitrogens with one attached hydrogen (secondary N) is 1. The van der Waals surface area contributed by atoms with Gasteiger partial charge in [0.1, 0.15) is 0 Å². The maximum Gasteiger partial charge on any atom is 0.0815 e. The fraction of sp³-hybridized carbons (Fsp3) is 0.400. The van der Waals surface area contributed by atoms with Crippen LogP contribution in [0.1, 0.15) is 36.7 Å². The minimum Gasteiger partial charge on any atom is -0.379 e. The van der Waals surface area contributed by atoms with Crippen molar-refractivity contribution < 1.29 is 0 Å². The lowest BCUT2D eigenvalue weighted by molar-refractivity contribution is 0.527. The molecule has 0 aliphatic carbocycles. The van der Waals surface area contributed by atoms with E-state index in [0.29, 0.717) is 6.04 Å². The van der Waals surface area contributed by atoms with Crippen LogP contribution in [0, 0.1) is 13.8 Å². The van der Waals surface area contributed by atoms with Crippen LogP contribution in [0.4, 0.5) is 5.69 Å². The fourth-order valence-corrected chi connectivity index (χ4v) is 2.03. The van der Waals surface area contributed by atoms with Crippen molar-refractivity contribution in [3.05, 3.63) is 47.3 Å². The molecule has 0 atom stereocenters. The van der Waals surface area contributed by atoms with Gasteiger partial charge < -0.3 is 5.32 Å². The molecule has 1 N–H and O–H groups in total. The standard InChI is InChI=1S/C15H21N3/c1-11(2)18-9-8-14(17-18)10-16-15-12(3)6-5-7-13(15)4/h5-9,11,16H,10H2,1-4H3. The molecule has 0 saturated carbocycles. The van der Waals surface area contributed by atoms with Crippen LogP contribution in [0.25, 0.3) is 0 Å². The number of rotatable bonds is 4. The van der Waals surface area contributed by atoms with Gasteiger partial charge in [0, 0.05) is 17.9 Å². The lowest BCUT2D eigenvalue weighted by Crippen LogP contribution is -2.06. The average molecular weight is 243 g/mol. The Morgan fingerprint density at radius 3 is 2.39 bits per heavy atom. The summed E-state index contributed by atoms with van der Waals surface area (Å²) in [6, 6.07) is 8.83. The average Bonchev–Trinajstić information content (AvgIpc) is 2.77. The van der Waals surface area contributed by atoms with Crippen LogP contribution in [-0.4, -0.2) is 9.78 Å². The molecule has 18 heavy (non-hydrogen) atoms. The first-order chi connectivity index (χ1) is 8.58. The SMILES string of the molecule is Cc1cccc(C)c1NCc1ccn(C(C)C)n1. The minimum atomic E-state index is 0.416. The summed E-state index contributed by atoms with van der Waals surface area (Å²) in [5.41, 5.74) is 4.85. The van der Waals surface area contributed by atoms with Gasteiger partial charge in [-0.05, 0) is 44.9 Å². The third-order valence-corrected chi connectivity index (χ3v) is 3.12. The van der Waals surface area contributed by atoms with Crippen LogP contribution >= 0.6 is 0 Å². The lowest BCUT2D eigenvalue weighted by Gasteiger charge is -2.11. The summed E-state index contributed by atoms with van der Waals surface area (Å²) in [6.07, 6.45) is 2.03. The third-order valence-electron chi connectivity index (χ3n) is 3.12. The number of nitrogens with zero attached hydrogens (tertiary/aromatic N) is 2. The second-order valence-electron chi connectivity index (χ2n) is 5.00. The first-order valence-electron chi connectivity index (χ1n) is 6.42. The Morgan fingerprint density at radius 2 is 1.83 bits per heavy atom. The molecule has 0 amide bonds. The van der Waals surface area contributed by atoms with Gasteiger partial charge in [-0.15, -0.1) is 0 Å². The molecule has 0 unspecified atom stereocenters. The van der Waals surface area contributed by atoms with Crippen molar-refractivity contribution in [1.82, 2.24) is 9.78 Å². The maximum absolute atomic E-state index is 4.54. The van der Waals surface area contributed by atoms with Gasteiger partial charge >= 0.3 is 0 Å². The van der Waals surface area contributed by atoms with Gasteiger partial charge in [-0.3, -0.25) is 4.68 Å². The Hall–Kier alpha value is -1.77. The molecule has 0 spiro atoms. The van der Waals surface area contributed by atoms with Crippen LogP contribution in [0.3, 0.4) is 0 Å². The highest BCUT2D eigenvalue weighted by molar-refractivity contribution is 5.56. The smallest absolute Gasteiger partial charge is 0.0815 e. The van der Waals surface area contributed by atoms with Crippen LogP contribution in [0.5, 0.6) is 0 Å². The zero-order valence-electron chi connectivity index (χ0n) is 11.6. The van der Waals surface area contributed by atoms with E-state index in [2.05, 4.69) is 62.4 Å². The van der Waals surface area contributed by atoms with Crippen molar-refractivity contribution in [3.8, 4) is 0 Å². The molecule has 0 fully saturated rings. The summed E-state index contributed by atoms with van der Waals surface area (Å²) in [4.78, 5) is 0. The largest absolute Gasteiger partial charge is 0.379 e. The summed E-state index contributed by atoms with van der Waals surface area (Å²) >= 11 is 0. The summed E-state index contributed by atoms with van der Waals surface area (Å²) in [6.45, 7) is 9.29. The monoisotopic (exact) mass is 243 g/mol. The molecule has 0 radical (unpaired) electrons. The molecule has 96 valence electrons. The molecule has 0 bridgehead atoms. The molecular weight excluding hydrogens is 222 g/mol. The van der Waals surface area contributed by atoms with Crippen LogP contribution < -0.4 is 5.32 Å². The molecule has 3 nitrogen and oxygen atoms in total. The predicted molar refractivity (Wildman–Crippen MR) is 75.9 cm³/mol. The number of hydrogen-bond donors (Lipinski definition) is 1. The third kappa shape index (κ3) is 2.73. The second-order valence-corrected chi connectivity index (χ2v) is 5.00. The van der Waals surface area contributed by atoms with Crippen LogP contribution in [0.15, 0.2) is 30.5 Å². The molecule has 1 heterocycles. The van der Waals surface area contributed by atoms with Crippen molar-refractivity contribution in [2.75, 3.05) is 5.32 Å². The number of hydrogen-bond acceptors (Lipinski definition) is 2. The topological polar surface area (TPSA) is 29.9 Å². The van der Waals surface area contributed by atoms with Crippen molar-refractivity contribution >= 4 is 5.69 Å². The van der Waals surface area contributed by atoms with Gasteiger partial charge in [-0.1, -0.05) is 18.2 Å². The van der Waals surface area contributed by atoms with Gasteiger partial charge in [-0.2, -0.15) is 5.10 Å². The highest BCUT2D eigenvalue weighted by Gasteiger charge is 2.04. The summed E-state index contributed by atoms with van der Waals surface area (Å²) in [7, 11) is 0. The maximum atomic E-state index is 4.54. The van der Waals surface area contributed by atoms with Crippen molar-refractivity contribution in [3.63, 3.8) is 0 Å². The van der Waals surface area contributed by atoms with E-state index in [1.54, 1.807) is 0 Å². The first-order valence-corrected chi connectivity index (χ1v) is 6.42. The van der Waals surface area contributed by atoms with E-state index >= 15 is 0 Å². The van der Waals surface area contributed by atoms with Crippen molar-refractivity contribution in [1.29, 1.82) is 0 Å². The first kappa shape index (κ1) is 12.7. The van der Waals surface area contributed by atoms with Crippen molar-refractivity contribution in [2.24, 2.45) is 0 Å². The number of para-hydroxylation sites is 1. The molecule has 2 aromatic rings. The second kappa shape index (κ2) is 5.25. The summed E-state index contributed by atoms with van der Waals surface area (Å²) in [5.74, 6) is 0. The highest BCUT2D eigenvalue weighted by Crippen LogP contribution is 2.20. The molecule has 0 aliphatic heterocycles. The minimum absolute atomic E-state index is 0.416. The highest BCUT2D eigenvalue weighted by atomic mass is 15.3. The van der Waals surface area contributed by atoms with E-state index in [-0.39, 0.29) is 0 Å². The van der Waals surface area contributed by atoms with Crippen LogP contribution in [-0.2, 0) is 6.54 Å². The molecule has 0 saturated heterocycles. The Bertz CT molecular complexity index is 506. The number of aryl methyl sites for hydroxylation is 2. The molecule has 2 rings (SSSR count). The Balaban J connectivity index is 2.07. The molecule has 3 heteroatoms. The molecular formula is C15H21N3. The zero-order valence-corrected chi connectivity index (χ0v) is 11.6. The van der Waals surface area contributed by atoms with Gasteiger partial charge in [0.15, 0.2) is 0 Å².